The van der Waals surface area contributed by atoms with Gasteiger partial charge in [-0.25, -0.2) is 9.36 Å². The van der Waals surface area contributed by atoms with Crippen molar-refractivity contribution in [2.24, 2.45) is 0 Å². The highest BCUT2D eigenvalue weighted by molar-refractivity contribution is 7.90. The number of alkyl halides is 3. The number of hydrogen-bond acceptors (Lipinski definition) is 7. The standard InChI is InChI=1S/C22H23F3N4O5S/c1-14-17(26-9-8-19(14)34-13-22(23,24)25)12-35(32)20-27-16-6-4-5-7-18(16)29(20)21(31)28(3)10-11-33-15(2)30/h4-9H,10-13H2,1-3H3/t35-/m1/s1. The van der Waals surface area contributed by atoms with Gasteiger partial charge in [-0.3, -0.25) is 9.78 Å². The first-order valence-electron chi connectivity index (χ1n) is 10.4. The Labute approximate surface area is 202 Å². The van der Waals surface area contributed by atoms with E-state index in [0.29, 0.717) is 16.6 Å². The molecule has 9 nitrogen and oxygen atoms in total. The molecule has 0 radical (unpaired) electrons. The van der Waals surface area contributed by atoms with E-state index in [2.05, 4.69) is 9.97 Å². The second-order valence-corrected chi connectivity index (χ2v) is 8.88. The van der Waals surface area contributed by atoms with Gasteiger partial charge < -0.3 is 18.9 Å². The van der Waals surface area contributed by atoms with Crippen LogP contribution in [0.3, 0.4) is 0 Å². The van der Waals surface area contributed by atoms with Crippen LogP contribution in [0.5, 0.6) is 5.75 Å². The lowest BCUT2D eigenvalue weighted by Gasteiger charge is -2.19. The number of carbonyl (C=O) groups is 2. The van der Waals surface area contributed by atoms with Gasteiger partial charge in [-0.1, -0.05) is 12.1 Å². The maximum absolute atomic E-state index is 13.3. The number of halogens is 3. The molecule has 0 saturated carbocycles. The zero-order valence-corrected chi connectivity index (χ0v) is 20.0. The Morgan fingerprint density at radius 2 is 1.94 bits per heavy atom. The highest BCUT2D eigenvalue weighted by Crippen LogP contribution is 2.27. The van der Waals surface area contributed by atoms with Gasteiger partial charge in [0.1, 0.15) is 12.4 Å². The van der Waals surface area contributed by atoms with Crippen LogP contribution in [-0.4, -0.2) is 69.0 Å². The van der Waals surface area contributed by atoms with Gasteiger partial charge >= 0.3 is 23.3 Å². The minimum atomic E-state index is -4.51. The number of para-hydroxylation sites is 2. The molecule has 1 aromatic carbocycles. The van der Waals surface area contributed by atoms with Crippen molar-refractivity contribution >= 4 is 34.2 Å². The highest BCUT2D eigenvalue weighted by atomic mass is 32.2. The molecule has 13 heteroatoms. The Kier molecular flexibility index (Phi) is 8.22. The summed E-state index contributed by atoms with van der Waals surface area (Å²) in [7, 11) is 1.50. The third-order valence-electron chi connectivity index (χ3n) is 4.90. The third-order valence-corrected chi connectivity index (χ3v) is 6.12. The smallest absolute Gasteiger partial charge is 0.422 e. The van der Waals surface area contributed by atoms with E-state index < -0.39 is 36.0 Å². The van der Waals surface area contributed by atoms with Crippen molar-refractivity contribution in [2.75, 3.05) is 26.8 Å². The number of hydrogen-bond donors (Lipinski definition) is 0. The fourth-order valence-corrected chi connectivity index (χ4v) is 4.39. The summed E-state index contributed by atoms with van der Waals surface area (Å²) < 4.78 is 61.9. The fraction of sp³-hybridized carbons (Fsp3) is 0.364. The molecule has 0 unspecified atom stereocenters. The van der Waals surface area contributed by atoms with Crippen molar-refractivity contribution in [3.63, 3.8) is 0 Å². The minimum Gasteiger partial charge on any atom is -0.609 e. The van der Waals surface area contributed by atoms with Crippen LogP contribution in [-0.2, 0) is 26.5 Å². The summed E-state index contributed by atoms with van der Waals surface area (Å²) in [5, 5.41) is -0.0432. The van der Waals surface area contributed by atoms with Crippen LogP contribution >= 0.6 is 0 Å². The van der Waals surface area contributed by atoms with Crippen LogP contribution in [0.1, 0.15) is 18.2 Å². The number of pyridine rings is 1. The van der Waals surface area contributed by atoms with Crippen LogP contribution < -0.4 is 4.74 Å². The molecule has 0 saturated heterocycles. The van der Waals surface area contributed by atoms with Crippen LogP contribution in [0.4, 0.5) is 18.0 Å². The van der Waals surface area contributed by atoms with E-state index in [1.807, 2.05) is 0 Å². The Morgan fingerprint density at radius 1 is 1.23 bits per heavy atom. The molecule has 0 spiro atoms. The summed E-state index contributed by atoms with van der Waals surface area (Å²) in [6, 6.07) is 7.48. The zero-order valence-electron chi connectivity index (χ0n) is 19.2. The molecule has 0 aliphatic rings. The molecular weight excluding hydrogens is 489 g/mol. The number of amides is 1. The predicted molar refractivity (Wildman–Crippen MR) is 120 cm³/mol. The van der Waals surface area contributed by atoms with Gasteiger partial charge in [0.05, 0.1) is 23.3 Å². The SMILES string of the molecule is CC(=O)OCCN(C)C(=O)n1c([S@+]([O-])Cc2nccc(OCC(F)(F)F)c2C)nc2ccccc21. The van der Waals surface area contributed by atoms with Crippen molar-refractivity contribution in [1.29, 1.82) is 0 Å². The average Bonchev–Trinajstić information content (AvgIpc) is 3.18. The molecule has 3 aromatic rings. The number of aromatic nitrogens is 3. The Balaban J connectivity index is 1.88. The topological polar surface area (TPSA) is 110 Å². The number of fused-ring (bicyclic) bond motifs is 1. The van der Waals surface area contributed by atoms with Gasteiger partial charge in [0.15, 0.2) is 12.4 Å². The molecule has 0 fully saturated rings. The molecule has 1 atom stereocenters. The van der Waals surface area contributed by atoms with Gasteiger partial charge in [-0.15, -0.1) is 0 Å². The van der Waals surface area contributed by atoms with Gasteiger partial charge in [0.2, 0.25) is 0 Å². The summed E-state index contributed by atoms with van der Waals surface area (Å²) >= 11 is -1.89. The molecule has 1 amide bonds. The van der Waals surface area contributed by atoms with E-state index in [9.17, 15) is 27.3 Å². The van der Waals surface area contributed by atoms with E-state index in [1.54, 1.807) is 24.3 Å². The summed E-state index contributed by atoms with van der Waals surface area (Å²) in [5.41, 5.74) is 1.41. The Hall–Kier alpha value is -3.32. The number of imidazole rings is 1. The number of nitrogens with zero attached hydrogens (tertiary/aromatic N) is 4. The van der Waals surface area contributed by atoms with E-state index in [1.165, 1.54) is 42.6 Å². The second kappa shape index (κ2) is 11.0. The van der Waals surface area contributed by atoms with Gasteiger partial charge in [0.25, 0.3) is 0 Å². The molecule has 0 aliphatic heterocycles. The van der Waals surface area contributed by atoms with Crippen LogP contribution in [0.25, 0.3) is 11.0 Å². The number of benzene rings is 1. The summed E-state index contributed by atoms with van der Waals surface area (Å²) in [6.45, 7) is 1.38. The highest BCUT2D eigenvalue weighted by Gasteiger charge is 2.31. The van der Waals surface area contributed by atoms with Crippen molar-refractivity contribution < 1.29 is 36.8 Å². The first-order valence-corrected chi connectivity index (χ1v) is 11.7. The maximum Gasteiger partial charge on any atom is 0.422 e. The van der Waals surface area contributed by atoms with Crippen LogP contribution in [0, 0.1) is 6.92 Å². The molecule has 35 heavy (non-hydrogen) atoms. The minimum absolute atomic E-state index is 0.0174. The molecule has 188 valence electrons. The van der Waals surface area contributed by atoms with Gasteiger partial charge in [0, 0.05) is 36.9 Å². The van der Waals surface area contributed by atoms with Gasteiger partial charge in [-0.05, 0) is 25.1 Å². The lowest BCUT2D eigenvalue weighted by Crippen LogP contribution is -2.35. The molecule has 3 rings (SSSR count). The molecule has 0 aliphatic carbocycles. The van der Waals surface area contributed by atoms with Gasteiger partial charge in [-0.2, -0.15) is 18.2 Å². The number of likely N-dealkylation sites (N-methyl/N-ethyl adjacent to an activating group) is 1. The normalized spacial score (nSPS) is 12.4. The van der Waals surface area contributed by atoms with Crippen LogP contribution in [0.2, 0.25) is 0 Å². The lowest BCUT2D eigenvalue weighted by molar-refractivity contribution is -0.153. The number of ether oxygens (including phenoxy) is 2. The third kappa shape index (κ3) is 6.63. The summed E-state index contributed by atoms with van der Waals surface area (Å²) in [5.74, 6) is -0.716. The number of esters is 1. The Bertz CT molecular complexity index is 1220. The second-order valence-electron chi connectivity index (χ2n) is 7.54. The maximum atomic E-state index is 13.3. The lowest BCUT2D eigenvalue weighted by atomic mass is 10.2. The molecule has 0 bridgehead atoms. The quantitative estimate of drug-likeness (QED) is 0.336. The van der Waals surface area contributed by atoms with E-state index in [0.717, 1.165) is 0 Å². The first-order chi connectivity index (χ1) is 16.5. The molecule has 2 aromatic heterocycles. The average molecular weight is 513 g/mol. The van der Waals surface area contributed by atoms with Crippen LogP contribution in [0.15, 0.2) is 41.7 Å². The van der Waals surface area contributed by atoms with Crippen molar-refractivity contribution in [1.82, 2.24) is 19.4 Å². The predicted octanol–water partition coefficient (Wildman–Crippen LogP) is 3.45. The van der Waals surface area contributed by atoms with Crippen molar-refractivity contribution in [2.45, 2.75) is 30.9 Å². The number of rotatable bonds is 8. The van der Waals surface area contributed by atoms with Crippen molar-refractivity contribution in [3.05, 3.63) is 47.8 Å². The Morgan fingerprint density at radius 3 is 2.63 bits per heavy atom. The van der Waals surface area contributed by atoms with Crippen molar-refractivity contribution in [3.8, 4) is 5.75 Å². The fourth-order valence-electron chi connectivity index (χ4n) is 3.14. The molecule has 2 heterocycles. The molecular formula is C22H23F3N4O5S. The zero-order chi connectivity index (χ0) is 25.8. The molecule has 0 N–H and O–H groups in total. The number of carbonyl (C=O) groups excluding carboxylic acids is 2. The first kappa shape index (κ1) is 26.3. The summed E-state index contributed by atoms with van der Waals surface area (Å²) in [4.78, 5) is 34.0. The van der Waals surface area contributed by atoms with E-state index in [4.69, 9.17) is 9.47 Å². The largest absolute Gasteiger partial charge is 0.609 e. The monoisotopic (exact) mass is 512 g/mol. The van der Waals surface area contributed by atoms with E-state index in [-0.39, 0.29) is 35.5 Å². The summed E-state index contributed by atoms with van der Waals surface area (Å²) in [6.07, 6.45) is -3.24. The van der Waals surface area contributed by atoms with E-state index >= 15 is 0 Å².